The maximum Gasteiger partial charge on any atom is 0.391 e. The van der Waals surface area contributed by atoms with Crippen LogP contribution in [-0.2, 0) is 11.2 Å². The standard InChI is InChI=1S/C16H19F3OS/c17-16(18,19)11-6-4-10(5-7-11)15(20)13-2-1-3-14-12(13)8-9-21-14/h8-11,13H,1-7H2. The van der Waals surface area contributed by atoms with Crippen LogP contribution in [-0.4, -0.2) is 12.0 Å². The summed E-state index contributed by atoms with van der Waals surface area (Å²) in [6.45, 7) is 0. The maximum atomic E-state index is 12.7. The third kappa shape index (κ3) is 3.03. The molecule has 1 heterocycles. The minimum absolute atomic E-state index is 0.0626. The highest BCUT2D eigenvalue weighted by atomic mass is 32.1. The van der Waals surface area contributed by atoms with E-state index in [1.165, 1.54) is 4.88 Å². The van der Waals surface area contributed by atoms with Crippen LogP contribution in [0, 0.1) is 11.8 Å². The van der Waals surface area contributed by atoms with Gasteiger partial charge in [0, 0.05) is 16.7 Å². The van der Waals surface area contributed by atoms with E-state index in [0.717, 1.165) is 24.8 Å². The fraction of sp³-hybridized carbons (Fsp3) is 0.688. The summed E-state index contributed by atoms with van der Waals surface area (Å²) in [6, 6.07) is 2.03. The fourth-order valence-electron chi connectivity index (χ4n) is 3.77. The van der Waals surface area contributed by atoms with E-state index < -0.39 is 12.1 Å². The van der Waals surface area contributed by atoms with E-state index in [2.05, 4.69) is 0 Å². The molecular weight excluding hydrogens is 297 g/mol. The van der Waals surface area contributed by atoms with Gasteiger partial charge < -0.3 is 0 Å². The average molecular weight is 316 g/mol. The first-order chi connectivity index (χ1) is 9.97. The predicted octanol–water partition coefficient (Wildman–Crippen LogP) is 5.11. The molecule has 0 saturated heterocycles. The number of hydrogen-bond donors (Lipinski definition) is 0. The van der Waals surface area contributed by atoms with Crippen LogP contribution < -0.4 is 0 Å². The Bertz CT molecular complexity index is 512. The topological polar surface area (TPSA) is 17.1 Å². The van der Waals surface area contributed by atoms with Crippen LogP contribution in [0.3, 0.4) is 0 Å². The molecule has 5 heteroatoms. The van der Waals surface area contributed by atoms with Crippen molar-refractivity contribution >= 4 is 17.1 Å². The number of halogens is 3. The summed E-state index contributed by atoms with van der Waals surface area (Å²) < 4.78 is 38.1. The molecule has 0 aliphatic heterocycles. The van der Waals surface area contributed by atoms with Gasteiger partial charge in [0.2, 0.25) is 0 Å². The number of rotatable bonds is 2. The Hall–Kier alpha value is -0.840. The minimum atomic E-state index is -4.10. The van der Waals surface area contributed by atoms with E-state index in [0.29, 0.717) is 12.8 Å². The zero-order valence-electron chi connectivity index (χ0n) is 11.8. The largest absolute Gasteiger partial charge is 0.391 e. The molecule has 1 aromatic rings. The molecule has 116 valence electrons. The summed E-state index contributed by atoms with van der Waals surface area (Å²) in [4.78, 5) is 14.0. The molecule has 1 unspecified atom stereocenters. The summed E-state index contributed by atoms with van der Waals surface area (Å²) >= 11 is 1.70. The number of fused-ring (bicyclic) bond motifs is 1. The smallest absolute Gasteiger partial charge is 0.299 e. The van der Waals surface area contributed by atoms with Crippen molar-refractivity contribution in [1.82, 2.24) is 0 Å². The molecule has 1 nitrogen and oxygen atoms in total. The van der Waals surface area contributed by atoms with Crippen molar-refractivity contribution in [3.05, 3.63) is 21.9 Å². The zero-order chi connectivity index (χ0) is 15.0. The van der Waals surface area contributed by atoms with E-state index in [1.54, 1.807) is 11.3 Å². The fourth-order valence-corrected chi connectivity index (χ4v) is 4.76. The molecule has 0 amide bonds. The number of alkyl halides is 3. The number of Topliss-reactive ketones (excluding diaryl/α,β-unsaturated/α-hetero) is 1. The molecule has 0 aromatic carbocycles. The van der Waals surface area contributed by atoms with Crippen molar-refractivity contribution in [2.75, 3.05) is 0 Å². The Morgan fingerprint density at radius 2 is 1.86 bits per heavy atom. The number of aryl methyl sites for hydroxylation is 1. The van der Waals surface area contributed by atoms with Gasteiger partial charge >= 0.3 is 6.18 Å². The Labute approximate surface area is 126 Å². The molecule has 0 N–H and O–H groups in total. The van der Waals surface area contributed by atoms with Crippen molar-refractivity contribution < 1.29 is 18.0 Å². The highest BCUT2D eigenvalue weighted by Gasteiger charge is 2.43. The summed E-state index contributed by atoms with van der Waals surface area (Å²) in [5.74, 6) is -1.24. The quantitative estimate of drug-likeness (QED) is 0.741. The van der Waals surface area contributed by atoms with Gasteiger partial charge in [0.1, 0.15) is 5.78 Å². The Balaban J connectivity index is 1.66. The van der Waals surface area contributed by atoms with E-state index in [4.69, 9.17) is 0 Å². The van der Waals surface area contributed by atoms with Crippen LogP contribution >= 0.6 is 11.3 Å². The van der Waals surface area contributed by atoms with E-state index in [1.807, 2.05) is 11.4 Å². The second-order valence-corrected chi connectivity index (χ2v) is 7.24. The van der Waals surface area contributed by atoms with Crippen molar-refractivity contribution in [2.45, 2.75) is 57.0 Å². The molecule has 0 bridgehead atoms. The third-order valence-electron chi connectivity index (χ3n) is 4.99. The third-order valence-corrected chi connectivity index (χ3v) is 5.98. The predicted molar refractivity (Wildman–Crippen MR) is 76.5 cm³/mol. The lowest BCUT2D eigenvalue weighted by Gasteiger charge is -2.32. The SMILES string of the molecule is O=C(C1CCC(C(F)(F)F)CC1)C1CCCc2sccc21. The first kappa shape index (κ1) is 15.1. The van der Waals surface area contributed by atoms with Gasteiger partial charge in [0.05, 0.1) is 5.92 Å². The minimum Gasteiger partial charge on any atom is -0.299 e. The normalized spacial score (nSPS) is 30.0. The van der Waals surface area contributed by atoms with Crippen LogP contribution in [0.2, 0.25) is 0 Å². The molecule has 2 aliphatic rings. The second-order valence-electron chi connectivity index (χ2n) is 6.24. The lowest BCUT2D eigenvalue weighted by molar-refractivity contribution is -0.184. The molecule has 1 atom stereocenters. The molecule has 1 fully saturated rings. The van der Waals surface area contributed by atoms with Gasteiger partial charge in [-0.3, -0.25) is 4.79 Å². The molecule has 0 spiro atoms. The van der Waals surface area contributed by atoms with Crippen LogP contribution in [0.25, 0.3) is 0 Å². The summed E-state index contributed by atoms with van der Waals surface area (Å²) in [7, 11) is 0. The summed E-state index contributed by atoms with van der Waals surface area (Å²) in [6.07, 6.45) is -0.148. The molecule has 0 radical (unpaired) electrons. The Morgan fingerprint density at radius 1 is 1.14 bits per heavy atom. The number of ketones is 1. The molecule has 1 saturated carbocycles. The molecule has 2 aliphatic carbocycles. The lowest BCUT2D eigenvalue weighted by atomic mass is 9.73. The number of thiophene rings is 1. The Morgan fingerprint density at radius 3 is 2.52 bits per heavy atom. The maximum absolute atomic E-state index is 12.7. The van der Waals surface area contributed by atoms with Crippen molar-refractivity contribution in [3.63, 3.8) is 0 Å². The molecule has 1 aromatic heterocycles. The van der Waals surface area contributed by atoms with Crippen molar-refractivity contribution in [2.24, 2.45) is 11.8 Å². The van der Waals surface area contributed by atoms with Crippen LogP contribution in [0.1, 0.15) is 54.9 Å². The summed E-state index contributed by atoms with van der Waals surface area (Å²) in [5, 5.41) is 2.02. The van der Waals surface area contributed by atoms with Crippen LogP contribution in [0.4, 0.5) is 13.2 Å². The summed E-state index contributed by atoms with van der Waals surface area (Å²) in [5.41, 5.74) is 1.15. The van der Waals surface area contributed by atoms with E-state index >= 15 is 0 Å². The first-order valence-electron chi connectivity index (χ1n) is 7.63. The second kappa shape index (κ2) is 5.75. The zero-order valence-corrected chi connectivity index (χ0v) is 12.6. The van der Waals surface area contributed by atoms with Gasteiger partial charge in [-0.25, -0.2) is 0 Å². The van der Waals surface area contributed by atoms with E-state index in [-0.39, 0.29) is 30.5 Å². The number of hydrogen-bond acceptors (Lipinski definition) is 2. The van der Waals surface area contributed by atoms with Gasteiger partial charge in [-0.15, -0.1) is 11.3 Å². The van der Waals surface area contributed by atoms with Crippen molar-refractivity contribution in [1.29, 1.82) is 0 Å². The monoisotopic (exact) mass is 316 g/mol. The van der Waals surface area contributed by atoms with Crippen LogP contribution in [0.15, 0.2) is 11.4 Å². The average Bonchev–Trinajstić information content (AvgIpc) is 2.94. The number of carbonyl (C=O) groups is 1. The van der Waals surface area contributed by atoms with Gasteiger partial charge in [0.15, 0.2) is 0 Å². The van der Waals surface area contributed by atoms with Gasteiger partial charge in [0.25, 0.3) is 0 Å². The number of carbonyl (C=O) groups excluding carboxylic acids is 1. The molecular formula is C16H19F3OS. The first-order valence-corrected chi connectivity index (χ1v) is 8.51. The van der Waals surface area contributed by atoms with Crippen molar-refractivity contribution in [3.8, 4) is 0 Å². The van der Waals surface area contributed by atoms with E-state index in [9.17, 15) is 18.0 Å². The lowest BCUT2D eigenvalue weighted by Crippen LogP contribution is -2.32. The highest BCUT2D eigenvalue weighted by Crippen LogP contribution is 2.43. The molecule has 21 heavy (non-hydrogen) atoms. The van der Waals surface area contributed by atoms with Gasteiger partial charge in [-0.2, -0.15) is 13.2 Å². The molecule has 3 rings (SSSR count). The highest BCUT2D eigenvalue weighted by molar-refractivity contribution is 7.10. The van der Waals surface area contributed by atoms with Gasteiger partial charge in [-0.05, 0) is 62.0 Å². The van der Waals surface area contributed by atoms with Gasteiger partial charge in [-0.1, -0.05) is 0 Å². The Kier molecular flexibility index (Phi) is 4.12. The van der Waals surface area contributed by atoms with Crippen LogP contribution in [0.5, 0.6) is 0 Å².